The van der Waals surface area contributed by atoms with Gasteiger partial charge in [-0.3, -0.25) is 9.69 Å². The Bertz CT molecular complexity index is 143. The SMILES string of the molecule is CN1CCNC[C@H]1C(=O)O.Cl. The van der Waals surface area contributed by atoms with Gasteiger partial charge in [-0.1, -0.05) is 0 Å². The van der Waals surface area contributed by atoms with Gasteiger partial charge in [-0.15, -0.1) is 12.4 Å². The summed E-state index contributed by atoms with van der Waals surface area (Å²) in [5.74, 6) is -0.741. The molecule has 1 saturated heterocycles. The smallest absolute Gasteiger partial charge is 0.322 e. The normalized spacial score (nSPS) is 25.7. The summed E-state index contributed by atoms with van der Waals surface area (Å²) >= 11 is 0. The van der Waals surface area contributed by atoms with Crippen LogP contribution in [0.5, 0.6) is 0 Å². The molecule has 0 aromatic rings. The van der Waals surface area contributed by atoms with E-state index in [9.17, 15) is 4.79 Å². The molecule has 5 heteroatoms. The minimum atomic E-state index is -0.741. The number of rotatable bonds is 1. The molecule has 0 radical (unpaired) electrons. The second-order valence-corrected chi connectivity index (χ2v) is 2.54. The fourth-order valence-electron chi connectivity index (χ4n) is 1.08. The first-order chi connectivity index (χ1) is 4.72. The van der Waals surface area contributed by atoms with Crippen LogP contribution in [0.1, 0.15) is 0 Å². The Morgan fingerprint density at radius 1 is 1.73 bits per heavy atom. The van der Waals surface area contributed by atoms with Crippen molar-refractivity contribution >= 4 is 18.4 Å². The van der Waals surface area contributed by atoms with Gasteiger partial charge in [0, 0.05) is 19.6 Å². The third kappa shape index (κ3) is 2.65. The Kier molecular flexibility index (Phi) is 4.40. The van der Waals surface area contributed by atoms with Crippen LogP contribution < -0.4 is 5.32 Å². The van der Waals surface area contributed by atoms with E-state index in [1.54, 1.807) is 0 Å². The summed E-state index contributed by atoms with van der Waals surface area (Å²) < 4.78 is 0. The van der Waals surface area contributed by atoms with Gasteiger partial charge in [0.25, 0.3) is 0 Å². The zero-order valence-electron chi connectivity index (χ0n) is 6.41. The lowest BCUT2D eigenvalue weighted by Gasteiger charge is -2.29. The third-order valence-electron chi connectivity index (χ3n) is 1.80. The van der Waals surface area contributed by atoms with Gasteiger partial charge >= 0.3 is 5.97 Å². The second kappa shape index (κ2) is 4.54. The maximum absolute atomic E-state index is 10.5. The van der Waals surface area contributed by atoms with E-state index in [0.29, 0.717) is 6.54 Å². The molecule has 4 nitrogen and oxygen atoms in total. The molecule has 0 unspecified atom stereocenters. The number of piperazine rings is 1. The van der Waals surface area contributed by atoms with Crippen molar-refractivity contribution in [2.24, 2.45) is 0 Å². The summed E-state index contributed by atoms with van der Waals surface area (Å²) in [6.45, 7) is 2.27. The molecule has 1 rings (SSSR count). The van der Waals surface area contributed by atoms with Crippen molar-refractivity contribution in [2.75, 3.05) is 26.7 Å². The molecule has 0 aromatic heterocycles. The Hall–Kier alpha value is -0.320. The Labute approximate surface area is 72.0 Å². The lowest BCUT2D eigenvalue weighted by molar-refractivity contribution is -0.143. The van der Waals surface area contributed by atoms with Crippen molar-refractivity contribution in [3.05, 3.63) is 0 Å². The predicted octanol–water partition coefficient (Wildman–Crippen LogP) is -0.604. The average molecular weight is 181 g/mol. The van der Waals surface area contributed by atoms with E-state index in [-0.39, 0.29) is 18.4 Å². The number of carboxylic acids is 1. The standard InChI is InChI=1S/C6H12N2O2.ClH/c1-8-3-2-7-4-5(8)6(9)10;/h5,7H,2-4H2,1H3,(H,9,10);1H/t5-;/m0./s1. The highest BCUT2D eigenvalue weighted by Gasteiger charge is 2.24. The highest BCUT2D eigenvalue weighted by Crippen LogP contribution is 1.98. The Balaban J connectivity index is 0.000001000. The molecule has 1 fully saturated rings. The summed E-state index contributed by atoms with van der Waals surface area (Å²) in [5.41, 5.74) is 0. The molecule has 0 saturated carbocycles. The predicted molar refractivity (Wildman–Crippen MR) is 44.2 cm³/mol. The van der Waals surface area contributed by atoms with E-state index in [4.69, 9.17) is 5.11 Å². The first-order valence-corrected chi connectivity index (χ1v) is 3.35. The summed E-state index contributed by atoms with van der Waals surface area (Å²) in [6.07, 6.45) is 0. The van der Waals surface area contributed by atoms with Crippen molar-refractivity contribution < 1.29 is 9.90 Å². The van der Waals surface area contributed by atoms with Crippen LogP contribution in [0.3, 0.4) is 0 Å². The van der Waals surface area contributed by atoms with Gasteiger partial charge in [0.1, 0.15) is 6.04 Å². The lowest BCUT2D eigenvalue weighted by atomic mass is 10.2. The molecule has 1 atom stereocenters. The molecule has 0 aliphatic carbocycles. The van der Waals surface area contributed by atoms with E-state index in [0.717, 1.165) is 13.1 Å². The van der Waals surface area contributed by atoms with Gasteiger partial charge in [-0.2, -0.15) is 0 Å². The maximum Gasteiger partial charge on any atom is 0.322 e. The second-order valence-electron chi connectivity index (χ2n) is 2.54. The molecule has 1 heterocycles. The Morgan fingerprint density at radius 3 is 2.73 bits per heavy atom. The fourth-order valence-corrected chi connectivity index (χ4v) is 1.08. The summed E-state index contributed by atoms with van der Waals surface area (Å²) in [5, 5.41) is 11.7. The van der Waals surface area contributed by atoms with Crippen molar-refractivity contribution in [3.63, 3.8) is 0 Å². The van der Waals surface area contributed by atoms with Gasteiger partial charge in [0.05, 0.1) is 0 Å². The van der Waals surface area contributed by atoms with E-state index < -0.39 is 5.97 Å². The molecule has 1 aliphatic heterocycles. The van der Waals surface area contributed by atoms with Gasteiger partial charge < -0.3 is 10.4 Å². The molecule has 11 heavy (non-hydrogen) atoms. The number of nitrogens with zero attached hydrogens (tertiary/aromatic N) is 1. The van der Waals surface area contributed by atoms with Crippen molar-refractivity contribution in [3.8, 4) is 0 Å². The van der Waals surface area contributed by atoms with E-state index in [2.05, 4.69) is 5.32 Å². The molecule has 0 aromatic carbocycles. The van der Waals surface area contributed by atoms with Crippen molar-refractivity contribution in [1.82, 2.24) is 10.2 Å². The number of hydrogen-bond donors (Lipinski definition) is 2. The zero-order valence-corrected chi connectivity index (χ0v) is 7.23. The van der Waals surface area contributed by atoms with E-state index >= 15 is 0 Å². The Morgan fingerprint density at radius 2 is 2.36 bits per heavy atom. The first kappa shape index (κ1) is 10.7. The number of carboxylic acid groups (broad SMARTS) is 1. The van der Waals surface area contributed by atoms with Crippen LogP contribution in [0.25, 0.3) is 0 Å². The van der Waals surface area contributed by atoms with E-state index in [1.165, 1.54) is 0 Å². The van der Waals surface area contributed by atoms with Crippen molar-refractivity contribution in [1.29, 1.82) is 0 Å². The molecule has 2 N–H and O–H groups in total. The number of likely N-dealkylation sites (N-methyl/N-ethyl adjacent to an activating group) is 1. The monoisotopic (exact) mass is 180 g/mol. The van der Waals surface area contributed by atoms with Gasteiger partial charge in [0.15, 0.2) is 0 Å². The van der Waals surface area contributed by atoms with Crippen LogP contribution in [0, 0.1) is 0 Å². The van der Waals surface area contributed by atoms with Crippen LogP contribution in [-0.2, 0) is 4.79 Å². The summed E-state index contributed by atoms with van der Waals surface area (Å²) in [4.78, 5) is 12.3. The minimum Gasteiger partial charge on any atom is -0.480 e. The van der Waals surface area contributed by atoms with Gasteiger partial charge in [-0.25, -0.2) is 0 Å². The average Bonchev–Trinajstić information content (AvgIpc) is 1.88. The molecular weight excluding hydrogens is 168 g/mol. The fraction of sp³-hybridized carbons (Fsp3) is 0.833. The molecule has 66 valence electrons. The molecule has 0 amide bonds. The highest BCUT2D eigenvalue weighted by molar-refractivity contribution is 5.85. The zero-order chi connectivity index (χ0) is 7.56. The largest absolute Gasteiger partial charge is 0.480 e. The number of hydrogen-bond acceptors (Lipinski definition) is 3. The first-order valence-electron chi connectivity index (χ1n) is 3.35. The van der Waals surface area contributed by atoms with Crippen LogP contribution in [0.15, 0.2) is 0 Å². The summed E-state index contributed by atoms with van der Waals surface area (Å²) in [7, 11) is 1.83. The van der Waals surface area contributed by atoms with Gasteiger partial charge in [-0.05, 0) is 7.05 Å². The topological polar surface area (TPSA) is 52.6 Å². The third-order valence-corrected chi connectivity index (χ3v) is 1.80. The van der Waals surface area contributed by atoms with Crippen molar-refractivity contribution in [2.45, 2.75) is 6.04 Å². The molecular formula is C6H13ClN2O2. The maximum atomic E-state index is 10.5. The van der Waals surface area contributed by atoms with E-state index in [1.807, 2.05) is 11.9 Å². The highest BCUT2D eigenvalue weighted by atomic mass is 35.5. The van der Waals surface area contributed by atoms with Crippen LogP contribution in [0.4, 0.5) is 0 Å². The van der Waals surface area contributed by atoms with Crippen LogP contribution in [0.2, 0.25) is 0 Å². The van der Waals surface area contributed by atoms with Crippen LogP contribution in [-0.4, -0.2) is 48.7 Å². The molecule has 0 bridgehead atoms. The lowest BCUT2D eigenvalue weighted by Crippen LogP contribution is -2.52. The number of halogens is 1. The number of aliphatic carboxylic acids is 1. The minimum absolute atomic E-state index is 0. The number of nitrogens with one attached hydrogen (secondary N) is 1. The molecule has 1 aliphatic rings. The quantitative estimate of drug-likeness (QED) is 0.566. The van der Waals surface area contributed by atoms with Gasteiger partial charge in [0.2, 0.25) is 0 Å². The summed E-state index contributed by atoms with van der Waals surface area (Å²) in [6, 6.07) is -0.339. The van der Waals surface area contributed by atoms with Crippen LogP contribution >= 0.6 is 12.4 Å². The molecule has 0 spiro atoms. The number of carbonyl (C=O) groups is 1.